The fourth-order valence-electron chi connectivity index (χ4n) is 3.67. The van der Waals surface area contributed by atoms with Gasteiger partial charge in [0.15, 0.2) is 0 Å². The lowest BCUT2D eigenvalue weighted by molar-refractivity contribution is -0.131. The Bertz CT molecular complexity index is 1070. The van der Waals surface area contributed by atoms with Crippen LogP contribution in [0.2, 0.25) is 0 Å². The summed E-state index contributed by atoms with van der Waals surface area (Å²) < 4.78 is 5.17. The highest BCUT2D eigenvalue weighted by atomic mass is 16.5. The van der Waals surface area contributed by atoms with Gasteiger partial charge >= 0.3 is 6.01 Å². The first kappa shape index (κ1) is 18.7. The number of pyridine rings is 1. The van der Waals surface area contributed by atoms with E-state index in [1.54, 1.807) is 12.4 Å². The van der Waals surface area contributed by atoms with Crippen molar-refractivity contribution in [2.24, 2.45) is 0 Å². The highest BCUT2D eigenvalue weighted by molar-refractivity contribution is 5.97. The van der Waals surface area contributed by atoms with Crippen molar-refractivity contribution in [3.63, 3.8) is 0 Å². The molecule has 0 aromatic carbocycles. The number of methoxy groups -OCH3 is 1. The molecule has 148 valence electrons. The van der Waals surface area contributed by atoms with Crippen LogP contribution in [0.3, 0.4) is 0 Å². The van der Waals surface area contributed by atoms with Gasteiger partial charge in [-0.3, -0.25) is 4.79 Å². The van der Waals surface area contributed by atoms with Gasteiger partial charge in [-0.2, -0.15) is 4.98 Å². The van der Waals surface area contributed by atoms with Crippen molar-refractivity contribution in [3.8, 4) is 29.6 Å². The van der Waals surface area contributed by atoms with Crippen LogP contribution in [0.1, 0.15) is 19.3 Å². The van der Waals surface area contributed by atoms with Crippen molar-refractivity contribution >= 4 is 22.6 Å². The average molecular weight is 390 g/mol. The molecule has 0 bridgehead atoms. The van der Waals surface area contributed by atoms with Crippen LogP contribution in [-0.4, -0.2) is 57.0 Å². The van der Waals surface area contributed by atoms with E-state index in [1.807, 2.05) is 23.2 Å². The zero-order chi connectivity index (χ0) is 20.2. The summed E-state index contributed by atoms with van der Waals surface area (Å²) in [6.07, 6.45) is 12.6. The van der Waals surface area contributed by atoms with Gasteiger partial charge in [-0.15, -0.1) is 6.42 Å². The van der Waals surface area contributed by atoms with Gasteiger partial charge in [-0.1, -0.05) is 5.92 Å². The normalized spacial score (nSPS) is 16.4. The number of carbonyl (C=O) groups is 1. The number of hydrogen-bond acceptors (Lipinski definition) is 6. The Morgan fingerprint density at radius 3 is 3.17 bits per heavy atom. The molecular weight excluding hydrogens is 368 g/mol. The molecule has 1 atom stereocenters. The molecule has 8 heteroatoms. The third kappa shape index (κ3) is 3.85. The predicted molar refractivity (Wildman–Crippen MR) is 110 cm³/mol. The van der Waals surface area contributed by atoms with Crippen molar-refractivity contribution in [3.05, 3.63) is 30.7 Å². The second-order valence-corrected chi connectivity index (χ2v) is 6.92. The van der Waals surface area contributed by atoms with Crippen molar-refractivity contribution in [2.45, 2.75) is 25.3 Å². The van der Waals surface area contributed by atoms with Crippen molar-refractivity contribution in [1.82, 2.24) is 24.8 Å². The number of carbonyl (C=O) groups excluding carboxylic acids is 1. The number of aromatic nitrogens is 4. The summed E-state index contributed by atoms with van der Waals surface area (Å²) in [5, 5.41) is 4.60. The molecule has 1 amide bonds. The molecular formula is C21H22N6O2. The molecule has 4 rings (SSSR count). The smallest absolute Gasteiger partial charge is 0.316 e. The molecule has 1 aliphatic rings. The van der Waals surface area contributed by atoms with E-state index in [0.29, 0.717) is 18.2 Å². The molecule has 0 spiro atoms. The van der Waals surface area contributed by atoms with Gasteiger partial charge in [0.25, 0.3) is 0 Å². The molecule has 3 aromatic rings. The summed E-state index contributed by atoms with van der Waals surface area (Å²) in [6.45, 7) is 1.35. The lowest BCUT2D eigenvalue weighted by Crippen LogP contribution is -2.45. The first-order chi connectivity index (χ1) is 14.2. The van der Waals surface area contributed by atoms with E-state index in [9.17, 15) is 4.79 Å². The Balaban J connectivity index is 1.68. The summed E-state index contributed by atoms with van der Waals surface area (Å²) in [4.78, 5) is 30.3. The molecule has 0 aliphatic carbocycles. The molecule has 0 unspecified atom stereocenters. The number of likely N-dealkylation sites (tertiary alicyclic amines) is 1. The highest BCUT2D eigenvalue weighted by Crippen LogP contribution is 2.34. The monoisotopic (exact) mass is 390 g/mol. The summed E-state index contributed by atoms with van der Waals surface area (Å²) in [5.74, 6) is 2.44. The lowest BCUT2D eigenvalue weighted by atomic mass is 10.0. The molecule has 0 radical (unpaired) electrons. The standard InChI is InChI=1S/C21H22N6O2/c1-3-5-18(28)27-11-4-6-14(13-27)25-19-15-7-9-22-20(15)24-12-16(19)17-8-10-23-21(26-17)29-2/h1,7-10,12,14H,4-6,11,13H2,2H3,(H2,22,24,25)/t14-/m1/s1. The number of ether oxygens (including phenoxy) is 1. The van der Waals surface area contributed by atoms with Gasteiger partial charge in [-0.05, 0) is 25.0 Å². The average Bonchev–Trinajstić information content (AvgIpc) is 3.24. The van der Waals surface area contributed by atoms with Crippen molar-refractivity contribution in [1.29, 1.82) is 0 Å². The Morgan fingerprint density at radius 2 is 2.34 bits per heavy atom. The van der Waals surface area contributed by atoms with Crippen molar-refractivity contribution < 1.29 is 9.53 Å². The summed E-state index contributed by atoms with van der Waals surface area (Å²) in [7, 11) is 1.54. The Hall–Kier alpha value is -3.60. The molecule has 0 saturated carbocycles. The third-order valence-corrected chi connectivity index (χ3v) is 5.05. The number of terminal acetylenes is 1. The molecule has 4 heterocycles. The van der Waals surface area contributed by atoms with Crippen LogP contribution in [-0.2, 0) is 4.79 Å². The van der Waals surface area contributed by atoms with Gasteiger partial charge in [0.2, 0.25) is 5.91 Å². The zero-order valence-corrected chi connectivity index (χ0v) is 16.2. The number of rotatable bonds is 5. The predicted octanol–water partition coefficient (Wildman–Crippen LogP) is 2.45. The quantitative estimate of drug-likeness (QED) is 0.650. The van der Waals surface area contributed by atoms with Crippen LogP contribution in [0, 0.1) is 12.3 Å². The van der Waals surface area contributed by atoms with Gasteiger partial charge < -0.3 is 19.9 Å². The first-order valence-corrected chi connectivity index (χ1v) is 9.51. The number of H-pyrrole nitrogens is 1. The van der Waals surface area contributed by atoms with Gasteiger partial charge in [0, 0.05) is 48.7 Å². The van der Waals surface area contributed by atoms with E-state index >= 15 is 0 Å². The minimum absolute atomic E-state index is 0.00119. The summed E-state index contributed by atoms with van der Waals surface area (Å²) in [6, 6.07) is 4.21. The second-order valence-electron chi connectivity index (χ2n) is 6.92. The number of hydrogen-bond donors (Lipinski definition) is 2. The van der Waals surface area contributed by atoms with Gasteiger partial charge in [0.05, 0.1) is 24.9 Å². The van der Waals surface area contributed by atoms with E-state index in [1.165, 1.54) is 7.11 Å². The minimum atomic E-state index is 0.00119. The van der Waals surface area contributed by atoms with Crippen LogP contribution >= 0.6 is 0 Å². The fraction of sp³-hybridized carbons (Fsp3) is 0.333. The van der Waals surface area contributed by atoms with Crippen LogP contribution in [0.15, 0.2) is 30.7 Å². The Kier molecular flexibility index (Phi) is 5.29. The van der Waals surface area contributed by atoms with E-state index in [0.717, 1.165) is 41.7 Å². The van der Waals surface area contributed by atoms with Gasteiger partial charge in [0.1, 0.15) is 5.65 Å². The molecule has 3 aromatic heterocycles. The zero-order valence-electron chi connectivity index (χ0n) is 16.2. The Labute approximate surface area is 168 Å². The van der Waals surface area contributed by atoms with Crippen LogP contribution in [0.25, 0.3) is 22.3 Å². The summed E-state index contributed by atoms with van der Waals surface area (Å²) >= 11 is 0. The van der Waals surface area contributed by atoms with Gasteiger partial charge in [-0.25, -0.2) is 9.97 Å². The third-order valence-electron chi connectivity index (χ3n) is 5.05. The molecule has 1 saturated heterocycles. The second kappa shape index (κ2) is 8.19. The lowest BCUT2D eigenvalue weighted by Gasteiger charge is -2.34. The first-order valence-electron chi connectivity index (χ1n) is 9.51. The topological polar surface area (TPSA) is 96.0 Å². The van der Waals surface area contributed by atoms with Crippen molar-refractivity contribution in [2.75, 3.05) is 25.5 Å². The number of nitrogens with zero attached hydrogens (tertiary/aromatic N) is 4. The SMILES string of the molecule is C#CCC(=O)N1CCC[C@@H](Nc2c(-c3ccnc(OC)n3)cnc3[nH]ccc23)C1. The maximum Gasteiger partial charge on any atom is 0.316 e. The summed E-state index contributed by atoms with van der Waals surface area (Å²) in [5.41, 5.74) is 3.28. The number of aromatic amines is 1. The maximum absolute atomic E-state index is 12.2. The largest absolute Gasteiger partial charge is 0.467 e. The van der Waals surface area contributed by atoms with Crippen LogP contribution < -0.4 is 10.1 Å². The molecule has 8 nitrogen and oxygen atoms in total. The van der Waals surface area contributed by atoms with Crippen LogP contribution in [0.4, 0.5) is 5.69 Å². The maximum atomic E-state index is 12.2. The minimum Gasteiger partial charge on any atom is -0.467 e. The Morgan fingerprint density at radius 1 is 1.45 bits per heavy atom. The number of anilines is 1. The molecule has 1 fully saturated rings. The fourth-order valence-corrected chi connectivity index (χ4v) is 3.67. The van der Waals surface area contributed by atoms with E-state index < -0.39 is 0 Å². The van der Waals surface area contributed by atoms with E-state index in [4.69, 9.17) is 11.2 Å². The number of amides is 1. The van der Waals surface area contributed by atoms with E-state index in [-0.39, 0.29) is 18.4 Å². The number of fused-ring (bicyclic) bond motifs is 1. The highest BCUT2D eigenvalue weighted by Gasteiger charge is 2.25. The molecule has 1 aliphatic heterocycles. The number of nitrogens with one attached hydrogen (secondary N) is 2. The molecule has 2 N–H and O–H groups in total. The molecule has 29 heavy (non-hydrogen) atoms. The van der Waals surface area contributed by atoms with Crippen LogP contribution in [0.5, 0.6) is 6.01 Å². The van der Waals surface area contributed by atoms with E-state index in [2.05, 4.69) is 31.2 Å². The number of piperidine rings is 1.